The summed E-state index contributed by atoms with van der Waals surface area (Å²) in [7, 11) is -0.0159. The molecular formula is C14H27NO2Si. The van der Waals surface area contributed by atoms with E-state index in [1.807, 2.05) is 0 Å². The molecule has 0 heterocycles. The average molecular weight is 269 g/mol. The monoisotopic (exact) mass is 269 g/mol. The summed E-state index contributed by atoms with van der Waals surface area (Å²) in [4.78, 5) is 0. The maximum absolute atomic E-state index is 9.24. The summed E-state index contributed by atoms with van der Waals surface area (Å²) in [6.07, 6.45) is 5.73. The quantitative estimate of drug-likeness (QED) is 0.399. The van der Waals surface area contributed by atoms with Crippen molar-refractivity contribution in [3.8, 4) is 6.07 Å². The van der Waals surface area contributed by atoms with Crippen molar-refractivity contribution in [1.82, 2.24) is 0 Å². The first kappa shape index (κ1) is 15.7. The summed E-state index contributed by atoms with van der Waals surface area (Å²) in [5.41, 5.74) is 0. The highest BCUT2D eigenvalue weighted by Crippen LogP contribution is 2.51. The third-order valence-electron chi connectivity index (χ3n) is 3.67. The molecule has 1 rings (SSSR count). The lowest BCUT2D eigenvalue weighted by atomic mass is 9.67. The number of ether oxygens (including phenoxy) is 1. The molecule has 18 heavy (non-hydrogen) atoms. The van der Waals surface area contributed by atoms with Gasteiger partial charge in [0.2, 0.25) is 0 Å². The van der Waals surface area contributed by atoms with Crippen molar-refractivity contribution in [2.24, 2.45) is 11.8 Å². The van der Waals surface area contributed by atoms with Gasteiger partial charge in [0, 0.05) is 13.0 Å². The van der Waals surface area contributed by atoms with Crippen molar-refractivity contribution < 1.29 is 9.16 Å². The van der Waals surface area contributed by atoms with Gasteiger partial charge in [-0.3, -0.25) is 0 Å². The molecule has 0 radical (unpaired) electrons. The lowest BCUT2D eigenvalue weighted by molar-refractivity contribution is -0.284. The van der Waals surface area contributed by atoms with E-state index >= 15 is 0 Å². The first-order valence-corrected chi connectivity index (χ1v) is 10.5. The first-order chi connectivity index (χ1) is 8.39. The largest absolute Gasteiger partial charge is 0.390 e. The summed E-state index contributed by atoms with van der Waals surface area (Å²) >= 11 is 0. The van der Waals surface area contributed by atoms with Crippen LogP contribution in [-0.2, 0) is 9.16 Å². The van der Waals surface area contributed by atoms with Crippen LogP contribution < -0.4 is 0 Å². The van der Waals surface area contributed by atoms with Crippen molar-refractivity contribution in [3.63, 3.8) is 0 Å². The van der Waals surface area contributed by atoms with Crippen LogP contribution in [0, 0.1) is 23.2 Å². The smallest absolute Gasteiger partial charge is 0.187 e. The fraction of sp³-hybridized carbons (Fsp3) is 0.929. The van der Waals surface area contributed by atoms with E-state index in [4.69, 9.17) is 9.16 Å². The minimum Gasteiger partial charge on any atom is -0.390 e. The summed E-state index contributed by atoms with van der Waals surface area (Å²) in [5.74, 6) is -0.321. The van der Waals surface area contributed by atoms with Gasteiger partial charge in [-0.1, -0.05) is 26.2 Å². The minimum absolute atomic E-state index is 0.0964. The Bertz CT molecular complexity index is 308. The molecule has 1 saturated carbocycles. The molecule has 3 unspecified atom stereocenters. The van der Waals surface area contributed by atoms with Crippen molar-refractivity contribution in [2.75, 3.05) is 7.11 Å². The molecule has 0 bridgehead atoms. The molecule has 104 valence electrons. The summed E-state index contributed by atoms with van der Waals surface area (Å²) in [5, 5.41) is 9.24. The van der Waals surface area contributed by atoms with Gasteiger partial charge in [-0.05, 0) is 32.5 Å². The highest BCUT2D eigenvalue weighted by atomic mass is 28.4. The van der Waals surface area contributed by atoms with E-state index in [9.17, 15) is 5.26 Å². The van der Waals surface area contributed by atoms with Crippen molar-refractivity contribution in [3.05, 3.63) is 0 Å². The number of unbranched alkanes of at least 4 members (excludes halogenated alkanes) is 2. The molecule has 0 saturated heterocycles. The zero-order valence-corrected chi connectivity index (χ0v) is 13.5. The topological polar surface area (TPSA) is 42.2 Å². The number of nitriles is 1. The van der Waals surface area contributed by atoms with Crippen LogP contribution in [0.1, 0.15) is 39.0 Å². The van der Waals surface area contributed by atoms with Crippen molar-refractivity contribution in [1.29, 1.82) is 5.26 Å². The molecule has 1 aliphatic rings. The maximum atomic E-state index is 9.24. The van der Waals surface area contributed by atoms with Crippen molar-refractivity contribution in [2.45, 2.75) is 64.5 Å². The van der Waals surface area contributed by atoms with E-state index in [0.29, 0.717) is 5.92 Å². The van der Waals surface area contributed by atoms with Gasteiger partial charge in [0.1, 0.15) is 5.92 Å². The Morgan fingerprint density at radius 1 is 1.33 bits per heavy atom. The number of methoxy groups -OCH3 is 1. The van der Waals surface area contributed by atoms with Gasteiger partial charge in [-0.2, -0.15) is 5.26 Å². The van der Waals surface area contributed by atoms with Gasteiger partial charge in [0.15, 0.2) is 14.1 Å². The minimum atomic E-state index is -1.71. The normalized spacial score (nSPS) is 31.8. The number of nitrogens with zero attached hydrogens (tertiary/aromatic N) is 1. The highest BCUT2D eigenvalue weighted by Gasteiger charge is 2.58. The molecule has 0 amide bonds. The Morgan fingerprint density at radius 3 is 2.44 bits per heavy atom. The van der Waals surface area contributed by atoms with Crippen LogP contribution in [0.25, 0.3) is 0 Å². The van der Waals surface area contributed by atoms with E-state index in [-0.39, 0.29) is 5.92 Å². The molecule has 3 nitrogen and oxygen atoms in total. The van der Waals surface area contributed by atoms with Gasteiger partial charge in [-0.15, -0.1) is 0 Å². The first-order valence-electron chi connectivity index (χ1n) is 7.04. The molecule has 0 N–H and O–H groups in total. The van der Waals surface area contributed by atoms with Crippen LogP contribution in [0.2, 0.25) is 19.6 Å². The van der Waals surface area contributed by atoms with E-state index in [0.717, 1.165) is 12.8 Å². The van der Waals surface area contributed by atoms with Crippen LogP contribution in [0.5, 0.6) is 0 Å². The molecule has 0 aromatic carbocycles. The molecular weight excluding hydrogens is 242 g/mol. The second-order valence-corrected chi connectivity index (χ2v) is 10.7. The molecule has 1 fully saturated rings. The third kappa shape index (κ3) is 3.34. The Hall–Kier alpha value is -0.373. The van der Waals surface area contributed by atoms with Crippen LogP contribution >= 0.6 is 0 Å². The Labute approximate surface area is 113 Å². The lowest BCUT2D eigenvalue weighted by Crippen LogP contribution is -2.62. The van der Waals surface area contributed by atoms with E-state index in [2.05, 4.69) is 32.6 Å². The Balaban J connectivity index is 2.71. The lowest BCUT2D eigenvalue weighted by Gasteiger charge is -2.54. The summed E-state index contributed by atoms with van der Waals surface area (Å²) in [6.45, 7) is 8.68. The molecule has 4 heteroatoms. The SMILES string of the molecule is CCCCCC1CC(C#N)C1(OC)O[Si](C)(C)C. The number of hydrogen-bond acceptors (Lipinski definition) is 3. The predicted octanol–water partition coefficient (Wildman–Crippen LogP) is 3.92. The molecule has 0 aromatic rings. The van der Waals surface area contributed by atoms with Gasteiger partial charge in [0.25, 0.3) is 0 Å². The van der Waals surface area contributed by atoms with Gasteiger partial charge >= 0.3 is 0 Å². The van der Waals surface area contributed by atoms with Crippen LogP contribution in [-0.4, -0.2) is 21.2 Å². The fourth-order valence-corrected chi connectivity index (χ4v) is 4.17. The average Bonchev–Trinajstić information content (AvgIpc) is 2.28. The molecule has 0 spiro atoms. The van der Waals surface area contributed by atoms with Crippen LogP contribution in [0.4, 0.5) is 0 Å². The second-order valence-electron chi connectivity index (χ2n) is 6.25. The Kier molecular flexibility index (Phi) is 5.39. The van der Waals surface area contributed by atoms with Gasteiger partial charge in [0.05, 0.1) is 6.07 Å². The maximum Gasteiger partial charge on any atom is 0.187 e. The zero-order chi connectivity index (χ0) is 13.8. The van der Waals surface area contributed by atoms with E-state index in [1.165, 1.54) is 19.3 Å². The summed E-state index contributed by atoms with van der Waals surface area (Å²) in [6, 6.07) is 2.36. The Morgan fingerprint density at radius 2 is 2.00 bits per heavy atom. The second kappa shape index (κ2) is 6.18. The molecule has 0 aromatic heterocycles. The third-order valence-corrected chi connectivity index (χ3v) is 4.60. The molecule has 0 aliphatic heterocycles. The van der Waals surface area contributed by atoms with Crippen LogP contribution in [0.15, 0.2) is 0 Å². The molecule has 3 atom stereocenters. The van der Waals surface area contributed by atoms with E-state index in [1.54, 1.807) is 7.11 Å². The zero-order valence-electron chi connectivity index (χ0n) is 12.5. The number of hydrogen-bond donors (Lipinski definition) is 0. The summed E-state index contributed by atoms with van der Waals surface area (Å²) < 4.78 is 11.9. The highest BCUT2D eigenvalue weighted by molar-refractivity contribution is 6.69. The van der Waals surface area contributed by atoms with Crippen LogP contribution in [0.3, 0.4) is 0 Å². The molecule has 1 aliphatic carbocycles. The van der Waals surface area contributed by atoms with Crippen molar-refractivity contribution >= 4 is 8.32 Å². The van der Waals surface area contributed by atoms with Gasteiger partial charge in [-0.25, -0.2) is 0 Å². The van der Waals surface area contributed by atoms with E-state index < -0.39 is 14.1 Å². The number of rotatable bonds is 7. The van der Waals surface area contributed by atoms with Gasteiger partial charge < -0.3 is 9.16 Å². The fourth-order valence-electron chi connectivity index (χ4n) is 2.82. The predicted molar refractivity (Wildman–Crippen MR) is 75.5 cm³/mol. The standard InChI is InChI=1S/C14H27NO2Si/c1-6-7-8-9-12-10-13(11-15)14(12,16-2)17-18(3,4)5/h12-13H,6-10H2,1-5H3.